The van der Waals surface area contributed by atoms with Gasteiger partial charge in [-0.2, -0.15) is 11.3 Å². The van der Waals surface area contributed by atoms with Gasteiger partial charge in [-0.05, 0) is 96.0 Å². The Morgan fingerprint density at radius 1 is 0.643 bits per heavy atom. The van der Waals surface area contributed by atoms with Gasteiger partial charge in [0.05, 0.1) is 24.9 Å². The van der Waals surface area contributed by atoms with Crippen molar-refractivity contribution in [2.45, 2.75) is 73.0 Å². The fraction of sp³-hybridized carbons (Fsp3) is 0.188. The molecule has 0 aliphatic rings. The van der Waals surface area contributed by atoms with Crippen LogP contribution in [-0.4, -0.2) is 22.6 Å². The van der Waals surface area contributed by atoms with Crippen LogP contribution in [0.25, 0.3) is 92.6 Å². The Bertz CT molecular complexity index is 3760. The summed E-state index contributed by atoms with van der Waals surface area (Å²) in [6, 6.07) is 69.0. The minimum absolute atomic E-state index is 0. The number of hydrogen-bond donors (Lipinski definition) is 0. The van der Waals surface area contributed by atoms with E-state index in [0.717, 1.165) is 50.1 Å². The second kappa shape index (κ2) is 19.5. The first-order chi connectivity index (χ1) is 33.9. The van der Waals surface area contributed by atoms with Gasteiger partial charge in [0.2, 0.25) is 0 Å². The van der Waals surface area contributed by atoms with Crippen LogP contribution in [0.3, 0.4) is 0 Å². The van der Waals surface area contributed by atoms with E-state index in [-0.39, 0.29) is 25.5 Å². The number of rotatable bonds is 7. The number of benzene rings is 8. The van der Waals surface area contributed by atoms with Gasteiger partial charge in [0.1, 0.15) is 0 Å². The van der Waals surface area contributed by atoms with Gasteiger partial charge in [-0.3, -0.25) is 4.98 Å². The Kier molecular flexibility index (Phi) is 12.8. The normalized spacial score (nSPS) is 12.6. The van der Waals surface area contributed by atoms with E-state index in [1.54, 1.807) is 0 Å². The topological polar surface area (TPSA) is 30.7 Å². The van der Waals surface area contributed by atoms with Gasteiger partial charge in [-0.25, -0.2) is 0 Å². The van der Waals surface area contributed by atoms with E-state index in [1.807, 2.05) is 56.5 Å². The predicted octanol–water partition coefficient (Wildman–Crippen LogP) is 17.3. The summed E-state index contributed by atoms with van der Waals surface area (Å²) in [5, 5.41) is 6.11. The zero-order valence-electron chi connectivity index (χ0n) is 43.4. The molecule has 1 radical (unpaired) electrons. The molecule has 0 aliphatic carbocycles. The van der Waals surface area contributed by atoms with Crippen molar-refractivity contribution in [1.82, 2.24) is 14.5 Å². The molecule has 70 heavy (non-hydrogen) atoms. The summed E-state index contributed by atoms with van der Waals surface area (Å²) < 4.78 is 22.6. The molecule has 0 saturated heterocycles. The molecule has 0 N–H and O–H groups in total. The van der Waals surface area contributed by atoms with Crippen LogP contribution >= 0.6 is 11.3 Å². The minimum atomic E-state index is -1.74. The molecule has 3 heterocycles. The summed E-state index contributed by atoms with van der Waals surface area (Å²) in [6.07, 6.45) is 0.472. The molecule has 0 spiro atoms. The molecular formula is C64H59IrN3SSi-2. The second-order valence-electron chi connectivity index (χ2n) is 21.1. The quantitative estimate of drug-likeness (QED) is 0.118. The summed E-state index contributed by atoms with van der Waals surface area (Å²) in [5.41, 5.74) is 12.3. The number of para-hydroxylation sites is 3. The van der Waals surface area contributed by atoms with Crippen molar-refractivity contribution in [3.8, 4) is 50.6 Å². The minimum Gasteiger partial charge on any atom is -0.333 e. The summed E-state index contributed by atoms with van der Waals surface area (Å²) in [5.74, 6) is 0.904. The fourth-order valence-corrected chi connectivity index (χ4v) is 11.8. The molecule has 351 valence electrons. The van der Waals surface area contributed by atoms with Crippen LogP contribution in [0.15, 0.2) is 182 Å². The number of imidazole rings is 1. The van der Waals surface area contributed by atoms with E-state index < -0.39 is 19.9 Å². The number of thiophene rings is 1. The maximum atomic E-state index is 8.89. The summed E-state index contributed by atoms with van der Waals surface area (Å²) >= 11 is 1.83. The SMILES string of the molecule is [2H]C([2H])(c1cc(-c2[c-]ccc(C(C)(C)C)c2)ncc1[Si](C)(C)C)C(C)(C)C.[Ir].[c-]1ccc2c(sc3cc(-c4ccc5ccccc5c4)ccc32)c1-c1nc2ccccc2n1-c1ccccc1-c1ccccc1. The van der Waals surface area contributed by atoms with E-state index in [1.165, 1.54) is 58.8 Å². The summed E-state index contributed by atoms with van der Waals surface area (Å²) in [6.45, 7) is 19.2. The summed E-state index contributed by atoms with van der Waals surface area (Å²) in [7, 11) is -1.74. The Morgan fingerprint density at radius 2 is 1.33 bits per heavy atom. The number of nitrogens with zero attached hydrogens (tertiary/aromatic N) is 3. The van der Waals surface area contributed by atoms with Gasteiger partial charge in [-0.1, -0.05) is 193 Å². The Labute approximate surface area is 435 Å². The van der Waals surface area contributed by atoms with Gasteiger partial charge in [0, 0.05) is 45.0 Å². The molecule has 8 aromatic carbocycles. The van der Waals surface area contributed by atoms with Crippen LogP contribution < -0.4 is 5.19 Å². The smallest absolute Gasteiger partial charge is 0.0798 e. The van der Waals surface area contributed by atoms with Crippen LogP contribution in [0.5, 0.6) is 0 Å². The number of hydrogen-bond acceptors (Lipinski definition) is 3. The Morgan fingerprint density at radius 3 is 2.10 bits per heavy atom. The van der Waals surface area contributed by atoms with Gasteiger partial charge in [0.15, 0.2) is 0 Å². The maximum absolute atomic E-state index is 8.89. The molecule has 0 bridgehead atoms. The number of pyridine rings is 1. The van der Waals surface area contributed by atoms with Crippen molar-refractivity contribution in [1.29, 1.82) is 0 Å². The van der Waals surface area contributed by atoms with Crippen molar-refractivity contribution >= 4 is 66.6 Å². The molecule has 0 fully saturated rings. The first-order valence-corrected chi connectivity index (χ1v) is 28.2. The molecule has 3 aromatic heterocycles. The Balaban J connectivity index is 0.000000198. The molecule has 6 heteroatoms. The van der Waals surface area contributed by atoms with Crippen LogP contribution in [0.2, 0.25) is 19.6 Å². The standard InChI is InChI=1S/C41H25N2S.C23H34NSi.Ir/c1-2-12-28(13-3-1)32-15-6-8-19-37(32)43-38-20-9-7-18-36(38)42-41(43)35-17-10-16-34-33-24-23-31(26-39(33)44-40(34)35)30-22-21-27-11-4-5-14-29(27)25-30;1-22(2,3)15-18-14-20(24-16-21(18)25(7,8)9)17-11-10-12-19(13-17)23(4,5)6;/h1-16,18-26H;10,12-14,16H,15H2,1-9H3;/q2*-1;/i;15D2;. The third-order valence-electron chi connectivity index (χ3n) is 12.7. The predicted molar refractivity (Wildman–Crippen MR) is 300 cm³/mol. The molecule has 0 aliphatic heterocycles. The average Bonchev–Trinajstić information content (AvgIpc) is 3.94. The van der Waals surface area contributed by atoms with E-state index in [9.17, 15) is 0 Å². The van der Waals surface area contributed by atoms with Crippen molar-refractivity contribution in [2.24, 2.45) is 5.41 Å². The average molecular weight is 1120 g/mol. The summed E-state index contributed by atoms with van der Waals surface area (Å²) in [4.78, 5) is 9.98. The van der Waals surface area contributed by atoms with Crippen molar-refractivity contribution in [3.63, 3.8) is 0 Å². The maximum Gasteiger partial charge on any atom is 0.0798 e. The van der Waals surface area contributed by atoms with Crippen molar-refractivity contribution in [3.05, 3.63) is 205 Å². The molecule has 11 aromatic rings. The van der Waals surface area contributed by atoms with Gasteiger partial charge in [0.25, 0.3) is 0 Å². The second-order valence-corrected chi connectivity index (χ2v) is 27.2. The molecule has 3 nitrogen and oxygen atoms in total. The molecule has 0 unspecified atom stereocenters. The zero-order valence-corrected chi connectivity index (χ0v) is 45.6. The first kappa shape index (κ1) is 46.1. The fourth-order valence-electron chi connectivity index (χ4n) is 9.21. The zero-order chi connectivity index (χ0) is 49.9. The molecule has 0 saturated carbocycles. The van der Waals surface area contributed by atoms with Crippen molar-refractivity contribution < 1.29 is 22.8 Å². The molecule has 0 amide bonds. The van der Waals surface area contributed by atoms with Gasteiger partial charge >= 0.3 is 0 Å². The van der Waals surface area contributed by atoms with Crippen LogP contribution in [0.1, 0.15) is 55.4 Å². The molecular weight excluding hydrogens is 1060 g/mol. The van der Waals surface area contributed by atoms with E-state index in [2.05, 4.69) is 215 Å². The first-order valence-electron chi connectivity index (χ1n) is 24.9. The van der Waals surface area contributed by atoms with E-state index in [0.29, 0.717) is 0 Å². The van der Waals surface area contributed by atoms with Crippen molar-refractivity contribution in [2.75, 3.05) is 0 Å². The van der Waals surface area contributed by atoms with Crippen LogP contribution in [-0.2, 0) is 31.9 Å². The van der Waals surface area contributed by atoms with Gasteiger partial charge < -0.3 is 9.55 Å². The third-order valence-corrected chi connectivity index (χ3v) is 15.9. The van der Waals surface area contributed by atoms with E-state index in [4.69, 9.17) is 12.7 Å². The van der Waals surface area contributed by atoms with E-state index >= 15 is 0 Å². The molecule has 11 rings (SSSR count). The third kappa shape index (κ3) is 10.0. The van der Waals surface area contributed by atoms with Crippen LogP contribution in [0, 0.1) is 17.5 Å². The number of fused-ring (bicyclic) bond motifs is 5. The monoisotopic (exact) mass is 1120 g/mol. The number of aromatic nitrogens is 3. The Hall–Kier alpha value is -6.27. The molecule has 0 atom stereocenters. The van der Waals surface area contributed by atoms with Crippen LogP contribution in [0.4, 0.5) is 0 Å². The van der Waals surface area contributed by atoms with Gasteiger partial charge in [-0.15, -0.1) is 53.6 Å². The largest absolute Gasteiger partial charge is 0.333 e.